The summed E-state index contributed by atoms with van der Waals surface area (Å²) in [5.41, 5.74) is 2.15. The van der Waals surface area contributed by atoms with Crippen LogP contribution in [-0.2, 0) is 6.18 Å². The van der Waals surface area contributed by atoms with Crippen molar-refractivity contribution in [1.82, 2.24) is 9.97 Å². The first kappa shape index (κ1) is 16.3. The van der Waals surface area contributed by atoms with Crippen LogP contribution in [0.15, 0.2) is 24.4 Å². The summed E-state index contributed by atoms with van der Waals surface area (Å²) in [6.07, 6.45) is -4.38. The zero-order chi connectivity index (χ0) is 17.4. The van der Waals surface area contributed by atoms with Crippen molar-refractivity contribution in [2.45, 2.75) is 6.18 Å². The third-order valence-electron chi connectivity index (χ3n) is 2.73. The number of anilines is 1. The summed E-state index contributed by atoms with van der Waals surface area (Å²) < 4.78 is 51.7. The van der Waals surface area contributed by atoms with Crippen LogP contribution in [0.2, 0.25) is 0 Å². The predicted molar refractivity (Wildman–Crippen MR) is 67.9 cm³/mol. The van der Waals surface area contributed by atoms with Gasteiger partial charge < -0.3 is 5.73 Å². The van der Waals surface area contributed by atoms with Crippen molar-refractivity contribution < 1.29 is 27.3 Å². The molecule has 0 atom stereocenters. The summed E-state index contributed by atoms with van der Waals surface area (Å²) in [6, 6.07) is 1.45. The van der Waals surface area contributed by atoms with Crippen LogP contribution in [0.1, 0.15) is 21.7 Å². The van der Waals surface area contributed by atoms with Gasteiger partial charge in [-0.1, -0.05) is 0 Å². The highest BCUT2D eigenvalue weighted by molar-refractivity contribution is 6.07. The van der Waals surface area contributed by atoms with E-state index in [1.807, 2.05) is 0 Å². The number of nitrogens with zero attached hydrogens (tertiary/aromatic N) is 3. The maximum Gasteiger partial charge on any atom is 0.417 e. The molecule has 0 bridgehead atoms. The second-order valence-electron chi connectivity index (χ2n) is 4.24. The smallest absolute Gasteiger partial charge is 0.378 e. The molecule has 2 rings (SSSR count). The quantitative estimate of drug-likeness (QED) is 0.400. The van der Waals surface area contributed by atoms with Gasteiger partial charge in [0, 0.05) is 5.56 Å². The van der Waals surface area contributed by atoms with E-state index in [1.54, 1.807) is 0 Å². The molecule has 120 valence electrons. The van der Waals surface area contributed by atoms with Crippen molar-refractivity contribution in [2.75, 3.05) is 5.73 Å². The van der Waals surface area contributed by atoms with Crippen LogP contribution in [0.4, 0.5) is 29.1 Å². The number of alkyl halides is 3. The molecule has 1 aromatic heterocycles. The molecule has 0 aliphatic heterocycles. The Balaban J connectivity index is 2.54. The van der Waals surface area contributed by atoms with Crippen LogP contribution >= 0.6 is 0 Å². The minimum atomic E-state index is -4.99. The molecule has 0 aliphatic carbocycles. The van der Waals surface area contributed by atoms with Crippen LogP contribution < -0.4 is 5.73 Å². The Kier molecular flexibility index (Phi) is 3.95. The van der Waals surface area contributed by atoms with Gasteiger partial charge in [0.2, 0.25) is 17.4 Å². The molecular weight excluding hydrogens is 324 g/mol. The fourth-order valence-electron chi connectivity index (χ4n) is 1.71. The highest BCUT2D eigenvalue weighted by Gasteiger charge is 2.36. The molecule has 0 aliphatic rings. The second-order valence-corrected chi connectivity index (χ2v) is 4.24. The molecule has 0 fully saturated rings. The fraction of sp³-hybridized carbons (Fsp3) is 0.0833. The number of rotatable bonds is 3. The van der Waals surface area contributed by atoms with Crippen molar-refractivity contribution in [3.05, 3.63) is 57.3 Å². The van der Waals surface area contributed by atoms with E-state index >= 15 is 0 Å². The second kappa shape index (κ2) is 5.59. The van der Waals surface area contributed by atoms with E-state index in [4.69, 9.17) is 5.73 Å². The minimum absolute atomic E-state index is 0.155. The molecule has 0 unspecified atom stereocenters. The Bertz CT molecular complexity index is 807. The monoisotopic (exact) mass is 330 g/mol. The van der Waals surface area contributed by atoms with Crippen LogP contribution in [0.3, 0.4) is 0 Å². The van der Waals surface area contributed by atoms with E-state index in [0.717, 1.165) is 0 Å². The lowest BCUT2D eigenvalue weighted by molar-refractivity contribution is -0.384. The molecule has 7 nitrogen and oxygen atoms in total. The molecule has 0 radical (unpaired) electrons. The lowest BCUT2D eigenvalue weighted by Crippen LogP contribution is -2.17. The number of benzene rings is 1. The fourth-order valence-corrected chi connectivity index (χ4v) is 1.71. The number of nitro groups is 1. The van der Waals surface area contributed by atoms with Crippen molar-refractivity contribution in [1.29, 1.82) is 0 Å². The molecule has 1 aromatic carbocycles. The molecule has 1 heterocycles. The molecule has 2 aromatic rings. The Morgan fingerprint density at radius 1 is 1.30 bits per heavy atom. The van der Waals surface area contributed by atoms with Crippen molar-refractivity contribution in [3.8, 4) is 0 Å². The van der Waals surface area contributed by atoms with Gasteiger partial charge in [0.15, 0.2) is 0 Å². The molecular formula is C12H6F4N4O3. The number of halogens is 4. The highest BCUT2D eigenvalue weighted by Crippen LogP contribution is 2.33. The van der Waals surface area contributed by atoms with Gasteiger partial charge in [-0.05, 0) is 18.2 Å². The molecule has 23 heavy (non-hydrogen) atoms. The van der Waals surface area contributed by atoms with Gasteiger partial charge in [-0.15, -0.1) is 0 Å². The average Bonchev–Trinajstić information content (AvgIpc) is 2.45. The van der Waals surface area contributed by atoms with Gasteiger partial charge in [0.1, 0.15) is 12.0 Å². The van der Waals surface area contributed by atoms with E-state index in [9.17, 15) is 32.5 Å². The standard InChI is InChI=1S/C12H6F4N4O3/c13-5-1-2-6(7(3-5)12(14,15)16)9(21)11-18-4-8(20(22)23)10(17)19-11/h1-4H,(H2,17,18,19). The molecule has 0 amide bonds. The molecule has 0 saturated heterocycles. The number of nitrogen functional groups attached to an aromatic ring is 1. The van der Waals surface area contributed by atoms with E-state index < -0.39 is 51.2 Å². The van der Waals surface area contributed by atoms with Crippen LogP contribution in [0.5, 0.6) is 0 Å². The van der Waals surface area contributed by atoms with Gasteiger partial charge in [-0.25, -0.2) is 14.4 Å². The lowest BCUT2D eigenvalue weighted by Gasteiger charge is -2.11. The summed E-state index contributed by atoms with van der Waals surface area (Å²) in [7, 11) is 0. The van der Waals surface area contributed by atoms with Crippen molar-refractivity contribution >= 4 is 17.3 Å². The first-order valence-electron chi connectivity index (χ1n) is 5.79. The summed E-state index contributed by atoms with van der Waals surface area (Å²) >= 11 is 0. The Morgan fingerprint density at radius 2 is 1.96 bits per heavy atom. The van der Waals surface area contributed by atoms with E-state index in [2.05, 4.69) is 9.97 Å². The first-order valence-corrected chi connectivity index (χ1v) is 5.79. The number of aromatic nitrogens is 2. The van der Waals surface area contributed by atoms with Crippen LogP contribution in [0, 0.1) is 15.9 Å². The lowest BCUT2D eigenvalue weighted by atomic mass is 10.0. The number of hydrogen-bond donors (Lipinski definition) is 1. The Morgan fingerprint density at radius 3 is 2.48 bits per heavy atom. The third-order valence-corrected chi connectivity index (χ3v) is 2.73. The Hall–Kier alpha value is -3.11. The normalized spacial score (nSPS) is 11.3. The van der Waals surface area contributed by atoms with Gasteiger partial charge in [-0.2, -0.15) is 13.2 Å². The van der Waals surface area contributed by atoms with Gasteiger partial charge in [-0.3, -0.25) is 14.9 Å². The Labute approximate surface area is 124 Å². The maximum atomic E-state index is 13.0. The zero-order valence-corrected chi connectivity index (χ0v) is 11.0. The summed E-state index contributed by atoms with van der Waals surface area (Å²) in [5, 5.41) is 10.6. The van der Waals surface area contributed by atoms with Gasteiger partial charge in [0.05, 0.1) is 10.5 Å². The predicted octanol–water partition coefficient (Wildman–Crippen LogP) is 2.36. The molecule has 2 N–H and O–H groups in total. The number of carbonyl (C=O) groups is 1. The maximum absolute atomic E-state index is 13.0. The number of hydrogen-bond acceptors (Lipinski definition) is 6. The summed E-state index contributed by atoms with van der Waals surface area (Å²) in [6.45, 7) is 0. The SMILES string of the molecule is Nc1nc(C(=O)c2ccc(F)cc2C(F)(F)F)ncc1[N+](=O)[O-]. The van der Waals surface area contributed by atoms with Gasteiger partial charge in [0.25, 0.3) is 0 Å². The number of ketones is 1. The third kappa shape index (κ3) is 3.22. The number of carbonyl (C=O) groups excluding carboxylic acids is 1. The zero-order valence-electron chi connectivity index (χ0n) is 11.0. The largest absolute Gasteiger partial charge is 0.417 e. The van der Waals surface area contributed by atoms with E-state index in [-0.39, 0.29) is 6.07 Å². The number of nitrogens with two attached hydrogens (primary N) is 1. The van der Waals surface area contributed by atoms with Gasteiger partial charge >= 0.3 is 11.9 Å². The summed E-state index contributed by atoms with van der Waals surface area (Å²) in [5.74, 6) is -3.92. The molecule has 0 saturated carbocycles. The molecule has 0 spiro atoms. The highest BCUT2D eigenvalue weighted by atomic mass is 19.4. The van der Waals surface area contributed by atoms with Crippen molar-refractivity contribution in [2.24, 2.45) is 0 Å². The van der Waals surface area contributed by atoms with Crippen LogP contribution in [-0.4, -0.2) is 20.7 Å². The summed E-state index contributed by atoms with van der Waals surface area (Å²) in [4.78, 5) is 28.4. The van der Waals surface area contributed by atoms with E-state index in [0.29, 0.717) is 18.3 Å². The van der Waals surface area contributed by atoms with Crippen molar-refractivity contribution in [3.63, 3.8) is 0 Å². The topological polar surface area (TPSA) is 112 Å². The molecule has 11 heteroatoms. The van der Waals surface area contributed by atoms with E-state index in [1.165, 1.54) is 0 Å². The van der Waals surface area contributed by atoms with Crippen LogP contribution in [0.25, 0.3) is 0 Å². The first-order chi connectivity index (χ1) is 10.6. The average molecular weight is 330 g/mol. The minimum Gasteiger partial charge on any atom is -0.378 e.